The molecule has 1 fully saturated rings. The van der Waals surface area contributed by atoms with Gasteiger partial charge in [0.15, 0.2) is 0 Å². The average molecular weight is 319 g/mol. The number of allylic oxidation sites excluding steroid dienone is 1. The molecule has 1 amide bonds. The van der Waals surface area contributed by atoms with E-state index in [-0.39, 0.29) is 11.9 Å². The Hall–Kier alpha value is -2.81. The van der Waals surface area contributed by atoms with Crippen molar-refractivity contribution in [3.05, 3.63) is 84.1 Å². The van der Waals surface area contributed by atoms with Crippen LogP contribution in [-0.4, -0.2) is 23.0 Å². The maximum atomic E-state index is 12.4. The zero-order chi connectivity index (χ0) is 16.9. The van der Waals surface area contributed by atoms with Crippen molar-refractivity contribution in [1.29, 1.82) is 0 Å². The number of benzene rings is 2. The fourth-order valence-electron chi connectivity index (χ4n) is 2.93. The van der Waals surface area contributed by atoms with Gasteiger partial charge in [0, 0.05) is 6.20 Å². The van der Waals surface area contributed by atoms with E-state index < -0.39 is 6.10 Å². The first kappa shape index (κ1) is 16.1. The topological polar surface area (TPSA) is 29.5 Å². The minimum absolute atomic E-state index is 0.0113. The predicted octanol–water partition coefficient (Wildman–Crippen LogP) is 4.28. The zero-order valence-corrected chi connectivity index (χ0v) is 13.9. The molecule has 2 aromatic rings. The predicted molar refractivity (Wildman–Crippen MR) is 96.4 cm³/mol. The second-order valence-electron chi connectivity index (χ2n) is 5.82. The van der Waals surface area contributed by atoms with Crippen LogP contribution in [0.4, 0.5) is 0 Å². The number of hydrogen-bond acceptors (Lipinski definition) is 2. The summed E-state index contributed by atoms with van der Waals surface area (Å²) < 4.78 is 5.94. The quantitative estimate of drug-likeness (QED) is 0.770. The van der Waals surface area contributed by atoms with Gasteiger partial charge in [-0.2, -0.15) is 0 Å². The van der Waals surface area contributed by atoms with E-state index in [1.54, 1.807) is 4.90 Å². The Morgan fingerprint density at radius 1 is 1.04 bits per heavy atom. The second-order valence-corrected chi connectivity index (χ2v) is 5.82. The third-order valence-electron chi connectivity index (χ3n) is 4.06. The molecule has 0 saturated carbocycles. The molecule has 3 nitrogen and oxygen atoms in total. The molecule has 3 heteroatoms. The summed E-state index contributed by atoms with van der Waals surface area (Å²) in [6.07, 6.45) is 5.32. The molecule has 1 heterocycles. The molecule has 0 spiro atoms. The summed E-state index contributed by atoms with van der Waals surface area (Å²) in [5, 5.41) is 0. The molecule has 1 aliphatic heterocycles. The van der Waals surface area contributed by atoms with Crippen LogP contribution >= 0.6 is 0 Å². The van der Waals surface area contributed by atoms with Gasteiger partial charge in [0.25, 0.3) is 5.91 Å². The van der Waals surface area contributed by atoms with E-state index in [1.807, 2.05) is 74.7 Å². The van der Waals surface area contributed by atoms with Crippen LogP contribution in [0.3, 0.4) is 0 Å². The highest BCUT2D eigenvalue weighted by Crippen LogP contribution is 2.31. The largest absolute Gasteiger partial charge is 0.478 e. The Morgan fingerprint density at radius 2 is 1.67 bits per heavy atom. The normalized spacial score (nSPS) is 21.0. The van der Waals surface area contributed by atoms with Crippen molar-refractivity contribution < 1.29 is 9.53 Å². The Balaban J connectivity index is 1.85. The number of carbonyl (C=O) groups is 1. The lowest BCUT2D eigenvalue weighted by Gasteiger charge is -2.45. The van der Waals surface area contributed by atoms with Crippen molar-refractivity contribution in [1.82, 2.24) is 4.90 Å². The first-order valence-electron chi connectivity index (χ1n) is 8.10. The number of para-hydroxylation sites is 1. The van der Waals surface area contributed by atoms with Crippen LogP contribution in [0, 0.1) is 0 Å². The molecular weight excluding hydrogens is 298 g/mol. The summed E-state index contributed by atoms with van der Waals surface area (Å²) in [6.45, 7) is 3.95. The Morgan fingerprint density at radius 3 is 2.29 bits per heavy atom. The fraction of sp³-hybridized carbons (Fsp3) is 0.190. The van der Waals surface area contributed by atoms with Crippen LogP contribution in [0.2, 0.25) is 0 Å². The summed E-state index contributed by atoms with van der Waals surface area (Å²) in [7, 11) is 0. The zero-order valence-electron chi connectivity index (χ0n) is 13.9. The highest BCUT2D eigenvalue weighted by atomic mass is 16.5. The first-order chi connectivity index (χ1) is 11.7. The lowest BCUT2D eigenvalue weighted by molar-refractivity contribution is -0.154. The molecule has 122 valence electrons. The van der Waals surface area contributed by atoms with Crippen molar-refractivity contribution in [3.63, 3.8) is 0 Å². The van der Waals surface area contributed by atoms with Gasteiger partial charge in [-0.3, -0.25) is 4.79 Å². The smallest absolute Gasteiger partial charge is 0.270 e. The van der Waals surface area contributed by atoms with Crippen molar-refractivity contribution >= 4 is 12.0 Å². The van der Waals surface area contributed by atoms with Crippen molar-refractivity contribution in [3.8, 4) is 5.75 Å². The van der Waals surface area contributed by atoms with Crippen molar-refractivity contribution in [2.75, 3.05) is 0 Å². The molecule has 1 saturated heterocycles. The van der Waals surface area contributed by atoms with E-state index in [9.17, 15) is 4.79 Å². The number of β-lactam (4-membered cyclic amide) rings is 1. The van der Waals surface area contributed by atoms with Gasteiger partial charge in [0.2, 0.25) is 6.10 Å². The molecule has 0 unspecified atom stereocenters. The van der Waals surface area contributed by atoms with Crippen LogP contribution in [0.5, 0.6) is 5.75 Å². The molecule has 3 rings (SSSR count). The molecule has 24 heavy (non-hydrogen) atoms. The van der Waals surface area contributed by atoms with E-state index in [0.29, 0.717) is 5.75 Å². The molecule has 0 bridgehead atoms. The maximum Gasteiger partial charge on any atom is 0.270 e. The van der Waals surface area contributed by atoms with Crippen molar-refractivity contribution in [2.45, 2.75) is 26.0 Å². The molecule has 0 aromatic heterocycles. The van der Waals surface area contributed by atoms with Crippen molar-refractivity contribution in [2.24, 2.45) is 0 Å². The highest BCUT2D eigenvalue weighted by Gasteiger charge is 2.49. The maximum absolute atomic E-state index is 12.4. The molecule has 0 radical (unpaired) electrons. The lowest BCUT2D eigenvalue weighted by atomic mass is 9.90. The third-order valence-corrected chi connectivity index (χ3v) is 4.06. The number of amides is 1. The fourth-order valence-corrected chi connectivity index (χ4v) is 2.93. The minimum Gasteiger partial charge on any atom is -0.478 e. The summed E-state index contributed by atoms with van der Waals surface area (Å²) in [5.41, 5.74) is 2.22. The summed E-state index contributed by atoms with van der Waals surface area (Å²) in [5.74, 6) is 0.705. The average Bonchev–Trinajstić information content (AvgIpc) is 2.62. The molecule has 0 aliphatic carbocycles. The van der Waals surface area contributed by atoms with Gasteiger partial charge in [0.05, 0.1) is 0 Å². The van der Waals surface area contributed by atoms with Gasteiger partial charge >= 0.3 is 0 Å². The number of rotatable bonds is 5. The third kappa shape index (κ3) is 3.25. The summed E-state index contributed by atoms with van der Waals surface area (Å²) >= 11 is 0. The number of carbonyl (C=O) groups excluding carboxylic acids is 1. The monoisotopic (exact) mass is 319 g/mol. The van der Waals surface area contributed by atoms with Gasteiger partial charge in [-0.25, -0.2) is 0 Å². The van der Waals surface area contributed by atoms with Crippen LogP contribution in [0.15, 0.2) is 78.5 Å². The summed E-state index contributed by atoms with van der Waals surface area (Å²) in [4.78, 5) is 14.2. The number of nitrogens with zero attached hydrogens (tertiary/aromatic N) is 1. The van der Waals surface area contributed by atoms with E-state index in [1.165, 1.54) is 0 Å². The van der Waals surface area contributed by atoms with Crippen LogP contribution in [-0.2, 0) is 4.79 Å². The second kappa shape index (κ2) is 7.18. The van der Waals surface area contributed by atoms with E-state index in [2.05, 4.69) is 18.2 Å². The van der Waals surface area contributed by atoms with Crippen LogP contribution in [0.1, 0.15) is 19.4 Å². The minimum atomic E-state index is -0.483. The lowest BCUT2D eigenvalue weighted by Crippen LogP contribution is -2.65. The Bertz CT molecular complexity index is 750. The van der Waals surface area contributed by atoms with Gasteiger partial charge in [-0.1, -0.05) is 60.7 Å². The summed E-state index contributed by atoms with van der Waals surface area (Å²) in [6, 6.07) is 19.5. The van der Waals surface area contributed by atoms with E-state index in [0.717, 1.165) is 11.1 Å². The van der Waals surface area contributed by atoms with E-state index >= 15 is 0 Å². The molecule has 2 aromatic carbocycles. The van der Waals surface area contributed by atoms with Gasteiger partial charge in [-0.15, -0.1) is 0 Å². The van der Waals surface area contributed by atoms with Gasteiger partial charge in [0.1, 0.15) is 11.8 Å². The molecule has 0 N–H and O–H groups in total. The highest BCUT2D eigenvalue weighted by molar-refractivity contribution is 5.91. The van der Waals surface area contributed by atoms with Gasteiger partial charge < -0.3 is 9.64 Å². The van der Waals surface area contributed by atoms with Crippen LogP contribution < -0.4 is 4.74 Å². The number of hydrogen-bond donors (Lipinski definition) is 0. The molecule has 2 atom stereocenters. The number of likely N-dealkylation sites (tertiary alicyclic amines) is 1. The van der Waals surface area contributed by atoms with E-state index in [4.69, 9.17) is 4.74 Å². The first-order valence-corrected chi connectivity index (χ1v) is 8.10. The Kier molecular flexibility index (Phi) is 4.80. The van der Waals surface area contributed by atoms with Gasteiger partial charge in [-0.05, 0) is 37.1 Å². The Labute approximate surface area is 142 Å². The SMILES string of the molecule is C/C=C\N1C(=O)[C@@H](Oc2ccccc2)[C@H]1/C(C)=C/c1ccccc1. The van der Waals surface area contributed by atoms with Crippen LogP contribution in [0.25, 0.3) is 6.08 Å². The standard InChI is InChI=1S/C21H21NO2/c1-3-14-22-19(16(2)15-17-10-6-4-7-11-17)20(21(22)23)24-18-12-8-5-9-13-18/h3-15,19-20H,1-2H3/b14-3-,16-15+/t19-,20+/m1/s1. The number of ether oxygens (including phenoxy) is 1. The molecular formula is C21H21NO2. The molecule has 1 aliphatic rings.